The fourth-order valence-electron chi connectivity index (χ4n) is 3.17. The van der Waals surface area contributed by atoms with Crippen molar-refractivity contribution in [1.82, 2.24) is 15.2 Å². The highest BCUT2D eigenvalue weighted by Gasteiger charge is 2.30. The van der Waals surface area contributed by atoms with Crippen LogP contribution in [0.4, 0.5) is 0 Å². The van der Waals surface area contributed by atoms with Crippen LogP contribution < -0.4 is 5.32 Å². The number of aromatic nitrogens is 1. The predicted octanol–water partition coefficient (Wildman–Crippen LogP) is 3.69. The Morgan fingerprint density at radius 3 is 2.76 bits per heavy atom. The van der Waals surface area contributed by atoms with Gasteiger partial charge in [-0.15, -0.1) is 11.3 Å². The Bertz CT molecular complexity index is 429. The van der Waals surface area contributed by atoms with Crippen LogP contribution in [0.15, 0.2) is 5.38 Å². The number of thiazole rings is 1. The first kappa shape index (κ1) is 16.9. The van der Waals surface area contributed by atoms with Gasteiger partial charge in [-0.05, 0) is 25.2 Å². The van der Waals surface area contributed by atoms with Crippen LogP contribution in [0.25, 0.3) is 0 Å². The molecule has 1 saturated heterocycles. The largest absolute Gasteiger partial charge is 0.311 e. The molecule has 3 nitrogen and oxygen atoms in total. The SMILES string of the molecule is CCC(C)C1CN(Cc2nc(C)cs2)C(CC(C)C)CN1. The van der Waals surface area contributed by atoms with Crippen molar-refractivity contribution in [3.05, 3.63) is 16.1 Å². The summed E-state index contributed by atoms with van der Waals surface area (Å²) < 4.78 is 0. The first-order chi connectivity index (χ1) is 9.99. The molecule has 4 heteroatoms. The fraction of sp³-hybridized carbons (Fsp3) is 0.824. The van der Waals surface area contributed by atoms with Crippen molar-refractivity contribution >= 4 is 11.3 Å². The number of nitrogens with zero attached hydrogens (tertiary/aromatic N) is 2. The number of hydrogen-bond donors (Lipinski definition) is 1. The minimum Gasteiger partial charge on any atom is -0.311 e. The third-order valence-electron chi connectivity index (χ3n) is 4.64. The van der Waals surface area contributed by atoms with Gasteiger partial charge >= 0.3 is 0 Å². The summed E-state index contributed by atoms with van der Waals surface area (Å²) in [6.45, 7) is 14.7. The predicted molar refractivity (Wildman–Crippen MR) is 91.7 cm³/mol. The third kappa shape index (κ3) is 4.76. The maximum Gasteiger partial charge on any atom is 0.107 e. The molecule has 1 aromatic heterocycles. The average Bonchev–Trinajstić information content (AvgIpc) is 2.84. The zero-order chi connectivity index (χ0) is 15.4. The third-order valence-corrected chi connectivity index (χ3v) is 5.59. The molecule has 0 spiro atoms. The summed E-state index contributed by atoms with van der Waals surface area (Å²) in [5, 5.41) is 7.22. The van der Waals surface area contributed by atoms with Gasteiger partial charge in [0.1, 0.15) is 5.01 Å². The van der Waals surface area contributed by atoms with E-state index in [1.807, 2.05) is 0 Å². The molecule has 3 atom stereocenters. The molecule has 2 rings (SSSR count). The Morgan fingerprint density at radius 2 is 2.19 bits per heavy atom. The molecular weight excluding hydrogens is 278 g/mol. The van der Waals surface area contributed by atoms with Gasteiger partial charge in [-0.1, -0.05) is 34.1 Å². The highest BCUT2D eigenvalue weighted by Crippen LogP contribution is 2.23. The van der Waals surface area contributed by atoms with Crippen molar-refractivity contribution < 1.29 is 0 Å². The Labute approximate surface area is 134 Å². The molecule has 0 saturated carbocycles. The van der Waals surface area contributed by atoms with E-state index in [4.69, 9.17) is 0 Å². The van der Waals surface area contributed by atoms with Gasteiger partial charge in [0.25, 0.3) is 0 Å². The van der Waals surface area contributed by atoms with Crippen LogP contribution >= 0.6 is 11.3 Å². The number of hydrogen-bond acceptors (Lipinski definition) is 4. The lowest BCUT2D eigenvalue weighted by Gasteiger charge is -2.42. The first-order valence-corrected chi connectivity index (χ1v) is 9.26. The van der Waals surface area contributed by atoms with Crippen LogP contribution in [0, 0.1) is 18.8 Å². The second-order valence-corrected chi connectivity index (χ2v) is 7.94. The van der Waals surface area contributed by atoms with Crippen molar-refractivity contribution in [3.8, 4) is 0 Å². The molecule has 0 bridgehead atoms. The normalized spacial score (nSPS) is 25.4. The summed E-state index contributed by atoms with van der Waals surface area (Å²) in [7, 11) is 0. The molecule has 0 aliphatic carbocycles. The number of aryl methyl sites for hydroxylation is 1. The van der Waals surface area contributed by atoms with E-state index in [-0.39, 0.29) is 0 Å². The van der Waals surface area contributed by atoms with Crippen LogP contribution in [-0.4, -0.2) is 35.1 Å². The Kier molecular flexibility index (Phi) is 6.20. The highest BCUT2D eigenvalue weighted by molar-refractivity contribution is 7.09. The van der Waals surface area contributed by atoms with Crippen molar-refractivity contribution in [1.29, 1.82) is 0 Å². The van der Waals surface area contributed by atoms with Crippen LogP contribution in [-0.2, 0) is 6.54 Å². The summed E-state index contributed by atoms with van der Waals surface area (Å²) in [6, 6.07) is 1.27. The van der Waals surface area contributed by atoms with E-state index in [2.05, 4.69) is 55.2 Å². The highest BCUT2D eigenvalue weighted by atomic mass is 32.1. The molecule has 1 fully saturated rings. The Hall–Kier alpha value is -0.450. The van der Waals surface area contributed by atoms with Gasteiger partial charge in [-0.25, -0.2) is 4.98 Å². The second-order valence-electron chi connectivity index (χ2n) is 7.00. The van der Waals surface area contributed by atoms with Crippen LogP contribution in [0.3, 0.4) is 0 Å². The van der Waals surface area contributed by atoms with Crippen molar-refractivity contribution in [2.75, 3.05) is 13.1 Å². The van der Waals surface area contributed by atoms with E-state index in [1.54, 1.807) is 11.3 Å². The quantitative estimate of drug-likeness (QED) is 0.869. The number of piperazine rings is 1. The zero-order valence-electron chi connectivity index (χ0n) is 14.2. The van der Waals surface area contributed by atoms with Crippen molar-refractivity contribution in [3.63, 3.8) is 0 Å². The molecule has 2 heterocycles. The molecule has 120 valence electrons. The van der Waals surface area contributed by atoms with E-state index in [1.165, 1.54) is 17.8 Å². The van der Waals surface area contributed by atoms with Crippen LogP contribution in [0.2, 0.25) is 0 Å². The summed E-state index contributed by atoms with van der Waals surface area (Å²) in [5.74, 6) is 1.49. The Morgan fingerprint density at radius 1 is 1.43 bits per heavy atom. The van der Waals surface area contributed by atoms with Gasteiger partial charge in [-0.3, -0.25) is 4.90 Å². The second kappa shape index (κ2) is 7.70. The topological polar surface area (TPSA) is 28.2 Å². The maximum absolute atomic E-state index is 4.66. The molecule has 3 unspecified atom stereocenters. The molecule has 1 N–H and O–H groups in total. The van der Waals surface area contributed by atoms with Gasteiger partial charge < -0.3 is 5.32 Å². The maximum atomic E-state index is 4.66. The molecule has 21 heavy (non-hydrogen) atoms. The number of rotatable bonds is 6. The lowest BCUT2D eigenvalue weighted by Crippen LogP contribution is -2.58. The molecular formula is C17H31N3S. The van der Waals surface area contributed by atoms with E-state index in [0.717, 1.165) is 37.2 Å². The molecule has 1 aliphatic heterocycles. The van der Waals surface area contributed by atoms with E-state index in [9.17, 15) is 0 Å². The molecule has 0 aromatic carbocycles. The molecule has 0 radical (unpaired) electrons. The van der Waals surface area contributed by atoms with E-state index in [0.29, 0.717) is 12.1 Å². The van der Waals surface area contributed by atoms with Crippen molar-refractivity contribution in [2.45, 2.75) is 66.1 Å². The zero-order valence-corrected chi connectivity index (χ0v) is 15.0. The fourth-order valence-corrected chi connectivity index (χ4v) is 3.96. The summed E-state index contributed by atoms with van der Waals surface area (Å²) in [6.07, 6.45) is 2.52. The van der Waals surface area contributed by atoms with E-state index >= 15 is 0 Å². The van der Waals surface area contributed by atoms with Crippen LogP contribution in [0.1, 0.15) is 51.2 Å². The molecule has 0 amide bonds. The average molecular weight is 310 g/mol. The van der Waals surface area contributed by atoms with Gasteiger partial charge in [0.2, 0.25) is 0 Å². The first-order valence-electron chi connectivity index (χ1n) is 8.38. The van der Waals surface area contributed by atoms with Gasteiger partial charge in [-0.2, -0.15) is 0 Å². The Balaban J connectivity index is 2.04. The smallest absolute Gasteiger partial charge is 0.107 e. The van der Waals surface area contributed by atoms with Crippen molar-refractivity contribution in [2.24, 2.45) is 11.8 Å². The molecule has 1 aliphatic rings. The van der Waals surface area contributed by atoms with Crippen LogP contribution in [0.5, 0.6) is 0 Å². The molecule has 1 aromatic rings. The summed E-state index contributed by atoms with van der Waals surface area (Å²) in [4.78, 5) is 7.34. The van der Waals surface area contributed by atoms with Gasteiger partial charge in [0, 0.05) is 36.2 Å². The van der Waals surface area contributed by atoms with Gasteiger partial charge in [0.05, 0.1) is 6.54 Å². The standard InChI is InChI=1S/C17H31N3S/c1-6-13(4)16-9-20(10-17-19-14(5)11-21-17)15(8-18-16)7-12(2)3/h11-13,15-16,18H,6-10H2,1-5H3. The van der Waals surface area contributed by atoms with Gasteiger partial charge in [0.15, 0.2) is 0 Å². The summed E-state index contributed by atoms with van der Waals surface area (Å²) >= 11 is 1.81. The lowest BCUT2D eigenvalue weighted by atomic mass is 9.93. The van der Waals surface area contributed by atoms with E-state index < -0.39 is 0 Å². The monoisotopic (exact) mass is 309 g/mol. The summed E-state index contributed by atoms with van der Waals surface area (Å²) in [5.41, 5.74) is 1.16. The minimum absolute atomic E-state index is 0.625. The number of nitrogens with one attached hydrogen (secondary N) is 1. The minimum atomic E-state index is 0.625. The lowest BCUT2D eigenvalue weighted by molar-refractivity contribution is 0.0888.